The SMILES string of the molecule is CC/C=C\C/C=C\C/C=C\C/C=C\CCCCCCC(=O)NC(CS(=O)(=O)O)C(O)/C=C/CC/C=C/CC/C=C/CC. The Morgan fingerprint density at radius 2 is 1.10 bits per heavy atom. The zero-order chi connectivity index (χ0) is 31.2. The van der Waals surface area contributed by atoms with Crippen molar-refractivity contribution < 1.29 is 22.9 Å². The van der Waals surface area contributed by atoms with Crippen LogP contribution in [0.1, 0.15) is 110 Å². The van der Waals surface area contributed by atoms with E-state index in [0.29, 0.717) is 12.8 Å². The van der Waals surface area contributed by atoms with Gasteiger partial charge in [0, 0.05) is 6.42 Å². The predicted octanol–water partition coefficient (Wildman–Crippen LogP) is 8.50. The van der Waals surface area contributed by atoms with Gasteiger partial charge in [0.15, 0.2) is 0 Å². The predicted molar refractivity (Wildman–Crippen MR) is 179 cm³/mol. The van der Waals surface area contributed by atoms with Crippen molar-refractivity contribution >= 4 is 16.0 Å². The van der Waals surface area contributed by atoms with Gasteiger partial charge >= 0.3 is 0 Å². The molecular formula is C35H57NO5S. The molecule has 0 aromatic carbocycles. The van der Waals surface area contributed by atoms with E-state index in [9.17, 15) is 22.9 Å². The van der Waals surface area contributed by atoms with Crippen molar-refractivity contribution in [2.24, 2.45) is 0 Å². The Balaban J connectivity index is 4.17. The topological polar surface area (TPSA) is 104 Å². The van der Waals surface area contributed by atoms with Crippen molar-refractivity contribution in [3.05, 3.63) is 85.1 Å². The lowest BCUT2D eigenvalue weighted by Gasteiger charge is -2.21. The number of nitrogens with one attached hydrogen (secondary N) is 1. The van der Waals surface area contributed by atoms with E-state index in [1.54, 1.807) is 6.08 Å². The molecule has 0 aliphatic rings. The number of carbonyl (C=O) groups excluding carboxylic acids is 1. The summed E-state index contributed by atoms with van der Waals surface area (Å²) in [7, 11) is -4.36. The summed E-state index contributed by atoms with van der Waals surface area (Å²) in [5.74, 6) is -1.06. The van der Waals surface area contributed by atoms with Gasteiger partial charge in [0.05, 0.1) is 17.9 Å². The number of hydrogen-bond acceptors (Lipinski definition) is 4. The third-order valence-corrected chi connectivity index (χ3v) is 7.07. The lowest BCUT2D eigenvalue weighted by Crippen LogP contribution is -2.46. The highest BCUT2D eigenvalue weighted by Gasteiger charge is 2.24. The highest BCUT2D eigenvalue weighted by atomic mass is 32.2. The molecule has 0 aliphatic heterocycles. The van der Waals surface area contributed by atoms with Gasteiger partial charge in [-0.1, -0.05) is 112 Å². The second-order valence-corrected chi connectivity index (χ2v) is 11.8. The minimum atomic E-state index is -4.36. The average Bonchev–Trinajstić information content (AvgIpc) is 2.94. The minimum absolute atomic E-state index is 0.251. The van der Waals surface area contributed by atoms with Gasteiger partial charge in [0.1, 0.15) is 0 Å². The van der Waals surface area contributed by atoms with Crippen LogP contribution in [-0.2, 0) is 14.9 Å². The Morgan fingerprint density at radius 1 is 0.643 bits per heavy atom. The molecule has 0 saturated carbocycles. The van der Waals surface area contributed by atoms with Crippen LogP contribution in [0.4, 0.5) is 0 Å². The molecule has 7 heteroatoms. The molecule has 0 aliphatic carbocycles. The number of hydrogen-bond donors (Lipinski definition) is 3. The van der Waals surface area contributed by atoms with Crippen LogP contribution < -0.4 is 5.32 Å². The highest BCUT2D eigenvalue weighted by Crippen LogP contribution is 2.08. The minimum Gasteiger partial charge on any atom is -0.387 e. The van der Waals surface area contributed by atoms with Crippen molar-refractivity contribution in [2.75, 3.05) is 5.75 Å². The summed E-state index contributed by atoms with van der Waals surface area (Å²) < 4.78 is 32.2. The fraction of sp³-hybridized carbons (Fsp3) is 0.571. The van der Waals surface area contributed by atoms with Crippen LogP contribution in [0.25, 0.3) is 0 Å². The fourth-order valence-corrected chi connectivity index (χ4v) is 4.74. The summed E-state index contributed by atoms with van der Waals surface area (Å²) in [4.78, 5) is 12.4. The Labute approximate surface area is 256 Å². The number of carbonyl (C=O) groups is 1. The number of allylic oxidation sites excluding steroid dienone is 13. The van der Waals surface area contributed by atoms with Gasteiger partial charge in [-0.25, -0.2) is 0 Å². The Hall–Kier alpha value is -2.48. The van der Waals surface area contributed by atoms with Gasteiger partial charge in [0.2, 0.25) is 5.91 Å². The number of unbranched alkanes of at least 4 members (excludes halogenated alkanes) is 6. The summed E-state index contributed by atoms with van der Waals surface area (Å²) >= 11 is 0. The molecule has 238 valence electrons. The first kappa shape index (κ1) is 39.5. The zero-order valence-corrected chi connectivity index (χ0v) is 26.9. The summed E-state index contributed by atoms with van der Waals surface area (Å²) in [6.45, 7) is 4.24. The molecule has 0 fully saturated rings. The molecule has 0 radical (unpaired) electrons. The average molecular weight is 604 g/mol. The third-order valence-electron chi connectivity index (χ3n) is 6.29. The molecule has 0 aromatic heterocycles. The lowest BCUT2D eigenvalue weighted by atomic mass is 10.1. The first-order chi connectivity index (χ1) is 20.3. The van der Waals surface area contributed by atoms with Crippen LogP contribution in [-0.4, -0.2) is 41.9 Å². The summed E-state index contributed by atoms with van der Waals surface area (Å²) in [6, 6.07) is -1.09. The van der Waals surface area contributed by atoms with Crippen LogP contribution in [0.5, 0.6) is 0 Å². The van der Waals surface area contributed by atoms with Crippen LogP contribution in [0.2, 0.25) is 0 Å². The van der Waals surface area contributed by atoms with E-state index in [0.717, 1.165) is 77.0 Å². The molecular weight excluding hydrogens is 546 g/mol. The maximum atomic E-state index is 12.4. The van der Waals surface area contributed by atoms with Gasteiger partial charge < -0.3 is 10.4 Å². The molecule has 3 N–H and O–H groups in total. The molecule has 6 nitrogen and oxygen atoms in total. The second kappa shape index (κ2) is 28.6. The summed E-state index contributed by atoms with van der Waals surface area (Å²) in [6.07, 6.45) is 41.4. The molecule has 0 aromatic rings. The van der Waals surface area contributed by atoms with Gasteiger partial charge in [-0.3, -0.25) is 9.35 Å². The third kappa shape index (κ3) is 29.0. The van der Waals surface area contributed by atoms with Crippen molar-refractivity contribution in [1.29, 1.82) is 0 Å². The zero-order valence-electron chi connectivity index (χ0n) is 26.1. The molecule has 1 amide bonds. The van der Waals surface area contributed by atoms with E-state index in [-0.39, 0.29) is 12.3 Å². The van der Waals surface area contributed by atoms with Crippen molar-refractivity contribution in [3.8, 4) is 0 Å². The smallest absolute Gasteiger partial charge is 0.267 e. The summed E-state index contributed by atoms with van der Waals surface area (Å²) in [5.41, 5.74) is 0. The monoisotopic (exact) mass is 603 g/mol. The van der Waals surface area contributed by atoms with Crippen LogP contribution in [0.15, 0.2) is 85.1 Å². The molecule has 0 heterocycles. The summed E-state index contributed by atoms with van der Waals surface area (Å²) in [5, 5.41) is 13.0. The quantitative estimate of drug-likeness (QED) is 0.0522. The maximum absolute atomic E-state index is 12.4. The molecule has 2 unspecified atom stereocenters. The Morgan fingerprint density at radius 3 is 1.67 bits per heavy atom. The van der Waals surface area contributed by atoms with Crippen molar-refractivity contribution in [1.82, 2.24) is 5.32 Å². The maximum Gasteiger partial charge on any atom is 0.267 e. The van der Waals surface area contributed by atoms with E-state index in [4.69, 9.17) is 0 Å². The molecule has 0 rings (SSSR count). The van der Waals surface area contributed by atoms with Gasteiger partial charge in [-0.05, 0) is 77.0 Å². The molecule has 42 heavy (non-hydrogen) atoms. The van der Waals surface area contributed by atoms with Gasteiger partial charge in [-0.2, -0.15) is 8.42 Å². The van der Waals surface area contributed by atoms with Gasteiger partial charge in [-0.15, -0.1) is 0 Å². The number of aliphatic hydroxyl groups excluding tert-OH is 1. The highest BCUT2D eigenvalue weighted by molar-refractivity contribution is 7.85. The van der Waals surface area contributed by atoms with E-state index in [2.05, 4.69) is 92.1 Å². The second-order valence-electron chi connectivity index (χ2n) is 10.3. The number of rotatable bonds is 26. The first-order valence-electron chi connectivity index (χ1n) is 15.8. The molecule has 0 saturated heterocycles. The molecule has 2 atom stereocenters. The largest absolute Gasteiger partial charge is 0.387 e. The normalized spacial score (nSPS) is 14.7. The fourth-order valence-electron chi connectivity index (χ4n) is 4.01. The standard InChI is InChI=1S/C35H57NO5S/c1-3-5-7-9-11-13-15-16-17-18-19-20-21-23-25-27-29-31-35(38)36-33(32-42(39,40)41)34(37)30-28-26-24-22-14-12-10-8-6-4-2/h5-8,11,13-14,16-17,19-20,22,28,30,33-34,37H,3-4,9-10,12,15,18,21,23-27,29,31-32H2,1-2H3,(H,36,38)(H,39,40,41)/b7-5-,8-6+,13-11-,17-16-,20-19-,22-14+,30-28+. The van der Waals surface area contributed by atoms with Crippen molar-refractivity contribution in [2.45, 2.75) is 122 Å². The molecule has 0 bridgehead atoms. The van der Waals surface area contributed by atoms with E-state index < -0.39 is 28.0 Å². The Bertz CT molecular complexity index is 973. The Kier molecular flexibility index (Phi) is 26.9. The van der Waals surface area contributed by atoms with E-state index in [1.807, 2.05) is 0 Å². The molecule has 0 spiro atoms. The lowest BCUT2D eigenvalue weighted by molar-refractivity contribution is -0.122. The van der Waals surface area contributed by atoms with E-state index >= 15 is 0 Å². The van der Waals surface area contributed by atoms with Crippen molar-refractivity contribution in [3.63, 3.8) is 0 Å². The first-order valence-corrected chi connectivity index (χ1v) is 17.4. The number of amides is 1. The van der Waals surface area contributed by atoms with E-state index in [1.165, 1.54) is 6.08 Å². The van der Waals surface area contributed by atoms with Crippen LogP contribution in [0.3, 0.4) is 0 Å². The van der Waals surface area contributed by atoms with Gasteiger partial charge in [0.25, 0.3) is 10.1 Å². The van der Waals surface area contributed by atoms with Crippen LogP contribution >= 0.6 is 0 Å². The number of aliphatic hydroxyl groups is 1. The van der Waals surface area contributed by atoms with Crippen LogP contribution in [0, 0.1) is 0 Å².